The van der Waals surface area contributed by atoms with Crippen molar-refractivity contribution in [3.05, 3.63) is 40.2 Å². The first-order chi connectivity index (χ1) is 9.31. The van der Waals surface area contributed by atoms with E-state index in [1.807, 2.05) is 12.1 Å². The molecule has 1 heterocycles. The fourth-order valence-electron chi connectivity index (χ4n) is 2.21. The number of carbonyl (C=O) groups is 1. The number of aromatic amines is 1. The van der Waals surface area contributed by atoms with Crippen LogP contribution in [0.1, 0.15) is 39.7 Å². The molecule has 0 radical (unpaired) electrons. The van der Waals surface area contributed by atoms with Gasteiger partial charge >= 0.3 is 0 Å². The minimum atomic E-state index is -0.124. The molecule has 0 saturated carbocycles. The lowest BCUT2D eigenvalue weighted by Gasteiger charge is -2.21. The Labute approximate surface area is 118 Å². The molecule has 0 unspecified atom stereocenters. The van der Waals surface area contributed by atoms with Crippen LogP contribution in [0.15, 0.2) is 29.1 Å². The third-order valence-electron chi connectivity index (χ3n) is 3.26. The predicted octanol–water partition coefficient (Wildman–Crippen LogP) is 3.17. The van der Waals surface area contributed by atoms with Crippen LogP contribution >= 0.6 is 0 Å². The summed E-state index contributed by atoms with van der Waals surface area (Å²) in [6.45, 7) is 8.03. The van der Waals surface area contributed by atoms with Gasteiger partial charge in [0.1, 0.15) is 0 Å². The van der Waals surface area contributed by atoms with E-state index in [2.05, 4.69) is 31.1 Å². The fourth-order valence-corrected chi connectivity index (χ4v) is 2.21. The largest absolute Gasteiger partial charge is 0.326 e. The van der Waals surface area contributed by atoms with E-state index in [1.165, 1.54) is 0 Å². The molecule has 0 saturated heterocycles. The topological polar surface area (TPSA) is 62.0 Å². The van der Waals surface area contributed by atoms with E-state index in [0.29, 0.717) is 12.1 Å². The normalized spacial score (nSPS) is 11.6. The number of anilines is 1. The summed E-state index contributed by atoms with van der Waals surface area (Å²) in [5.74, 6) is -0.0429. The van der Waals surface area contributed by atoms with Crippen LogP contribution in [-0.4, -0.2) is 10.9 Å². The first-order valence-electron chi connectivity index (χ1n) is 6.78. The maximum Gasteiger partial charge on any atom is 0.248 e. The molecule has 1 aromatic heterocycles. The lowest BCUT2D eigenvalue weighted by atomic mass is 9.85. The molecule has 2 aromatic rings. The van der Waals surface area contributed by atoms with Gasteiger partial charge in [-0.25, -0.2) is 0 Å². The molecule has 1 amide bonds. The zero-order chi connectivity index (χ0) is 14.9. The molecule has 2 rings (SSSR count). The quantitative estimate of drug-likeness (QED) is 0.882. The highest BCUT2D eigenvalue weighted by atomic mass is 16.1. The van der Waals surface area contributed by atoms with Crippen LogP contribution in [0.2, 0.25) is 0 Å². The highest BCUT2D eigenvalue weighted by Crippen LogP contribution is 2.29. The van der Waals surface area contributed by atoms with Crippen LogP contribution in [0.5, 0.6) is 0 Å². The minimum absolute atomic E-state index is 0.0429. The van der Waals surface area contributed by atoms with Gasteiger partial charge in [-0.2, -0.15) is 0 Å². The summed E-state index contributed by atoms with van der Waals surface area (Å²) in [6.07, 6.45) is 0.427. The molecule has 1 aromatic carbocycles. The van der Waals surface area contributed by atoms with E-state index in [0.717, 1.165) is 16.5 Å². The van der Waals surface area contributed by atoms with Crippen LogP contribution < -0.4 is 10.9 Å². The number of carbonyl (C=O) groups excluding carboxylic acids is 1. The monoisotopic (exact) mass is 272 g/mol. The van der Waals surface area contributed by atoms with Crippen molar-refractivity contribution >= 4 is 22.5 Å². The minimum Gasteiger partial charge on any atom is -0.326 e. The molecule has 20 heavy (non-hydrogen) atoms. The molecule has 0 fully saturated rings. The van der Waals surface area contributed by atoms with Gasteiger partial charge in [0, 0.05) is 23.6 Å². The smallest absolute Gasteiger partial charge is 0.248 e. The van der Waals surface area contributed by atoms with E-state index in [9.17, 15) is 9.59 Å². The first-order valence-corrected chi connectivity index (χ1v) is 6.78. The van der Waals surface area contributed by atoms with Crippen LogP contribution in [0.25, 0.3) is 10.9 Å². The van der Waals surface area contributed by atoms with E-state index in [-0.39, 0.29) is 16.9 Å². The Morgan fingerprint density at radius 1 is 1.25 bits per heavy atom. The fraction of sp³-hybridized carbons (Fsp3) is 0.375. The number of nitrogens with one attached hydrogen (secondary N) is 2. The SMILES string of the molecule is CCC(=O)Nc1ccc2c(C(C)(C)C)cc(=O)[nH]c2c1. The molecule has 106 valence electrons. The van der Waals surface area contributed by atoms with Gasteiger partial charge < -0.3 is 10.3 Å². The van der Waals surface area contributed by atoms with Gasteiger partial charge in [0.15, 0.2) is 0 Å². The molecule has 4 nitrogen and oxygen atoms in total. The predicted molar refractivity (Wildman–Crippen MR) is 82.2 cm³/mol. The number of H-pyrrole nitrogens is 1. The lowest BCUT2D eigenvalue weighted by molar-refractivity contribution is -0.115. The number of amides is 1. The Morgan fingerprint density at radius 2 is 1.95 bits per heavy atom. The second-order valence-corrected chi connectivity index (χ2v) is 5.96. The van der Waals surface area contributed by atoms with Crippen LogP contribution in [0, 0.1) is 0 Å². The van der Waals surface area contributed by atoms with Crippen LogP contribution in [0.4, 0.5) is 5.69 Å². The maximum atomic E-state index is 11.8. The molecule has 0 aliphatic carbocycles. The summed E-state index contributed by atoms with van der Waals surface area (Å²) in [7, 11) is 0. The van der Waals surface area contributed by atoms with Crippen molar-refractivity contribution in [2.45, 2.75) is 39.5 Å². The van der Waals surface area contributed by atoms with Gasteiger partial charge in [-0.1, -0.05) is 33.8 Å². The van der Waals surface area contributed by atoms with Crippen molar-refractivity contribution in [3.8, 4) is 0 Å². The zero-order valence-electron chi connectivity index (χ0n) is 12.3. The number of hydrogen-bond acceptors (Lipinski definition) is 2. The van der Waals surface area contributed by atoms with Crippen molar-refractivity contribution in [2.24, 2.45) is 0 Å². The number of rotatable bonds is 2. The Morgan fingerprint density at radius 3 is 2.55 bits per heavy atom. The van der Waals surface area contributed by atoms with E-state index in [4.69, 9.17) is 0 Å². The third-order valence-corrected chi connectivity index (χ3v) is 3.26. The average Bonchev–Trinajstić information content (AvgIpc) is 2.36. The van der Waals surface area contributed by atoms with Gasteiger partial charge in [-0.15, -0.1) is 0 Å². The van der Waals surface area contributed by atoms with E-state index >= 15 is 0 Å². The summed E-state index contributed by atoms with van der Waals surface area (Å²) in [6, 6.07) is 7.26. The van der Waals surface area contributed by atoms with Gasteiger partial charge in [0.2, 0.25) is 11.5 Å². The Kier molecular flexibility index (Phi) is 3.66. The molecule has 0 aliphatic heterocycles. The Balaban J connectivity index is 2.59. The molecule has 4 heteroatoms. The van der Waals surface area contributed by atoms with Crippen LogP contribution in [-0.2, 0) is 10.2 Å². The molecule has 2 N–H and O–H groups in total. The van der Waals surface area contributed by atoms with Gasteiger partial charge in [-0.05, 0) is 23.1 Å². The molecule has 0 aliphatic rings. The number of aromatic nitrogens is 1. The number of pyridine rings is 1. The second kappa shape index (κ2) is 5.12. The molecule has 0 bridgehead atoms. The summed E-state index contributed by atoms with van der Waals surface area (Å²) < 4.78 is 0. The third kappa shape index (κ3) is 2.90. The molecule has 0 atom stereocenters. The van der Waals surface area contributed by atoms with Crippen molar-refractivity contribution in [2.75, 3.05) is 5.32 Å². The van der Waals surface area contributed by atoms with Crippen molar-refractivity contribution in [1.29, 1.82) is 0 Å². The Hall–Kier alpha value is -2.10. The highest BCUT2D eigenvalue weighted by Gasteiger charge is 2.18. The van der Waals surface area contributed by atoms with E-state index < -0.39 is 0 Å². The average molecular weight is 272 g/mol. The van der Waals surface area contributed by atoms with Gasteiger partial charge in [0.05, 0.1) is 5.52 Å². The summed E-state index contributed by atoms with van der Waals surface area (Å²) in [4.78, 5) is 26.1. The van der Waals surface area contributed by atoms with Gasteiger partial charge in [-0.3, -0.25) is 9.59 Å². The Bertz CT molecular complexity index is 708. The van der Waals surface area contributed by atoms with Crippen LogP contribution in [0.3, 0.4) is 0 Å². The highest BCUT2D eigenvalue weighted by molar-refractivity contribution is 5.94. The lowest BCUT2D eigenvalue weighted by Crippen LogP contribution is -2.17. The second-order valence-electron chi connectivity index (χ2n) is 5.96. The van der Waals surface area contributed by atoms with E-state index in [1.54, 1.807) is 19.1 Å². The summed E-state index contributed by atoms with van der Waals surface area (Å²) in [5.41, 5.74) is 2.22. The molecular formula is C16H20N2O2. The van der Waals surface area contributed by atoms with Crippen molar-refractivity contribution in [1.82, 2.24) is 4.98 Å². The summed E-state index contributed by atoms with van der Waals surface area (Å²) >= 11 is 0. The maximum absolute atomic E-state index is 11.8. The standard InChI is InChI=1S/C16H20N2O2/c1-5-14(19)17-10-6-7-11-12(16(2,3)4)9-15(20)18-13(11)8-10/h6-9H,5H2,1-4H3,(H,17,19)(H,18,20). The number of hydrogen-bond donors (Lipinski definition) is 2. The molecular weight excluding hydrogens is 252 g/mol. The van der Waals surface area contributed by atoms with Gasteiger partial charge in [0.25, 0.3) is 0 Å². The van der Waals surface area contributed by atoms with Crippen molar-refractivity contribution < 1.29 is 4.79 Å². The van der Waals surface area contributed by atoms with Crippen molar-refractivity contribution in [3.63, 3.8) is 0 Å². The number of fused-ring (bicyclic) bond motifs is 1. The number of benzene rings is 1. The summed E-state index contributed by atoms with van der Waals surface area (Å²) in [5, 5.41) is 3.81. The first kappa shape index (κ1) is 14.3. The zero-order valence-corrected chi connectivity index (χ0v) is 12.3. The molecule has 0 spiro atoms.